The molecule has 0 fully saturated rings. The molecule has 0 radical (unpaired) electrons. The quantitative estimate of drug-likeness (QED) is 0.216. The van der Waals surface area contributed by atoms with Gasteiger partial charge in [0, 0.05) is 53.7 Å². The smallest absolute Gasteiger partial charge is 0.195 e. The van der Waals surface area contributed by atoms with Gasteiger partial charge in [0.1, 0.15) is 5.76 Å². The molecule has 5 aromatic rings. The van der Waals surface area contributed by atoms with E-state index in [9.17, 15) is 8.42 Å². The zero-order valence-electron chi connectivity index (χ0n) is 22.0. The molecule has 0 saturated heterocycles. The van der Waals surface area contributed by atoms with E-state index in [2.05, 4.69) is 53.5 Å². The Hall–Kier alpha value is -3.98. The van der Waals surface area contributed by atoms with E-state index >= 15 is 0 Å². The van der Waals surface area contributed by atoms with Crippen LogP contribution in [0.25, 0.3) is 22.0 Å². The second kappa shape index (κ2) is 10.4. The first kappa shape index (κ1) is 25.7. The van der Waals surface area contributed by atoms with E-state index in [0.29, 0.717) is 40.0 Å². The zero-order chi connectivity index (χ0) is 26.9. The highest BCUT2D eigenvalue weighted by molar-refractivity contribution is 7.92. The lowest BCUT2D eigenvalue weighted by Gasteiger charge is -2.07. The van der Waals surface area contributed by atoms with Gasteiger partial charge in [-0.15, -0.1) is 0 Å². The summed E-state index contributed by atoms with van der Waals surface area (Å²) in [6.07, 6.45) is 5.70. The number of hydrogen-bond donors (Lipinski definition) is 0. The number of aromatic nitrogens is 4. The van der Waals surface area contributed by atoms with Crippen molar-refractivity contribution in [3.8, 4) is 11.1 Å². The second-order valence-corrected chi connectivity index (χ2v) is 12.0. The molecule has 196 valence electrons. The molecule has 0 N–H and O–H groups in total. The van der Waals surface area contributed by atoms with Gasteiger partial charge in [-0.3, -0.25) is 4.68 Å². The fourth-order valence-corrected chi connectivity index (χ4v) is 6.18. The molecular formula is C29H31N5O3S. The maximum Gasteiger partial charge on any atom is 0.195 e. The van der Waals surface area contributed by atoms with Gasteiger partial charge in [-0.1, -0.05) is 55.4 Å². The summed E-state index contributed by atoms with van der Waals surface area (Å²) in [4.78, 5) is 4.62. The van der Waals surface area contributed by atoms with Crippen molar-refractivity contribution in [1.29, 1.82) is 0 Å². The minimum Gasteiger partial charge on any atom is -0.359 e. The summed E-state index contributed by atoms with van der Waals surface area (Å²) in [7, 11) is -3.65. The number of aliphatic imine (C=N–C) groups is 1. The van der Waals surface area contributed by atoms with Crippen molar-refractivity contribution in [2.24, 2.45) is 10.9 Å². The van der Waals surface area contributed by atoms with Gasteiger partial charge in [0.15, 0.2) is 15.7 Å². The van der Waals surface area contributed by atoms with E-state index in [4.69, 9.17) is 4.52 Å². The van der Waals surface area contributed by atoms with Gasteiger partial charge >= 0.3 is 0 Å². The lowest BCUT2D eigenvalue weighted by atomic mass is 10.1. The summed E-state index contributed by atoms with van der Waals surface area (Å²) in [6, 6.07) is 17.6. The molecule has 38 heavy (non-hydrogen) atoms. The third kappa shape index (κ3) is 5.62. The van der Waals surface area contributed by atoms with Crippen molar-refractivity contribution in [2.75, 3.05) is 5.75 Å². The Kier molecular flexibility index (Phi) is 7.03. The topological polar surface area (TPSA) is 95.3 Å². The fourth-order valence-electron chi connectivity index (χ4n) is 4.61. The number of hydrogen-bond acceptors (Lipinski definition) is 6. The minimum atomic E-state index is -3.65. The number of rotatable bonds is 9. The van der Waals surface area contributed by atoms with E-state index < -0.39 is 9.84 Å². The molecule has 3 aromatic heterocycles. The summed E-state index contributed by atoms with van der Waals surface area (Å²) in [5, 5.41) is 9.03. The molecule has 0 spiro atoms. The van der Waals surface area contributed by atoms with Crippen LogP contribution in [-0.2, 0) is 22.9 Å². The molecule has 8 nitrogen and oxygen atoms in total. The van der Waals surface area contributed by atoms with Crippen LogP contribution in [0, 0.1) is 12.8 Å². The molecule has 0 aliphatic carbocycles. The first-order valence-corrected chi connectivity index (χ1v) is 14.2. The molecular weight excluding hydrogens is 498 g/mol. The predicted octanol–water partition coefficient (Wildman–Crippen LogP) is 6.07. The molecule has 3 heterocycles. The van der Waals surface area contributed by atoms with E-state index in [1.54, 1.807) is 26.1 Å². The molecule has 0 atom stereocenters. The number of sulfone groups is 1. The molecule has 5 rings (SSSR count). The Labute approximate surface area is 222 Å². The highest BCUT2D eigenvalue weighted by Crippen LogP contribution is 2.28. The van der Waals surface area contributed by atoms with Crippen LogP contribution in [0.5, 0.6) is 0 Å². The summed E-state index contributed by atoms with van der Waals surface area (Å²) >= 11 is 0. The first-order chi connectivity index (χ1) is 18.2. The van der Waals surface area contributed by atoms with E-state index in [1.807, 2.05) is 45.8 Å². The molecule has 0 bridgehead atoms. The summed E-state index contributed by atoms with van der Waals surface area (Å²) < 4.78 is 36.0. The van der Waals surface area contributed by atoms with Crippen LogP contribution in [0.1, 0.15) is 32.1 Å². The number of benzene rings is 2. The van der Waals surface area contributed by atoms with Crippen molar-refractivity contribution in [3.63, 3.8) is 0 Å². The molecule has 0 unspecified atom stereocenters. The molecule has 2 aromatic carbocycles. The van der Waals surface area contributed by atoms with Crippen LogP contribution >= 0.6 is 0 Å². The Morgan fingerprint density at radius 2 is 1.87 bits per heavy atom. The van der Waals surface area contributed by atoms with Crippen molar-refractivity contribution >= 4 is 32.3 Å². The number of aryl methyl sites for hydroxylation is 1. The largest absolute Gasteiger partial charge is 0.359 e. The third-order valence-electron chi connectivity index (χ3n) is 6.21. The second-order valence-electron chi connectivity index (χ2n) is 10.1. The highest BCUT2D eigenvalue weighted by atomic mass is 32.2. The van der Waals surface area contributed by atoms with Gasteiger partial charge in [0.05, 0.1) is 16.8 Å². The Morgan fingerprint density at radius 1 is 1.05 bits per heavy atom. The lowest BCUT2D eigenvalue weighted by Crippen LogP contribution is -2.13. The minimum absolute atomic E-state index is 0.206. The molecule has 9 heteroatoms. The number of para-hydroxylation sites is 1. The number of nitrogens with zero attached hydrogens (tertiary/aromatic N) is 5. The zero-order valence-corrected chi connectivity index (χ0v) is 22.8. The van der Waals surface area contributed by atoms with Crippen molar-refractivity contribution < 1.29 is 12.9 Å². The van der Waals surface area contributed by atoms with E-state index in [0.717, 1.165) is 28.8 Å². The van der Waals surface area contributed by atoms with Crippen LogP contribution in [0.2, 0.25) is 0 Å². The van der Waals surface area contributed by atoms with Gasteiger partial charge in [-0.25, -0.2) is 13.4 Å². The van der Waals surface area contributed by atoms with Crippen molar-refractivity contribution in [1.82, 2.24) is 19.5 Å². The standard InChI is InChI=1S/C29H31N5O3S/c1-20(2)15-34-17-25(14-30-34)24-9-7-8-23(13-24)16-33-18-28(26-10-5-6-11-27(26)33)38(35,36)19-21(3)31-29-12-22(4)37-32-29/h5-14,17-18,20H,15-16,19H2,1-4H3. The van der Waals surface area contributed by atoms with Gasteiger partial charge in [-0.05, 0) is 43.0 Å². The predicted molar refractivity (Wildman–Crippen MR) is 150 cm³/mol. The summed E-state index contributed by atoms with van der Waals surface area (Å²) in [5.41, 5.74) is 4.52. The monoisotopic (exact) mass is 529 g/mol. The molecule has 0 amide bonds. The van der Waals surface area contributed by atoms with Gasteiger partial charge in [0.25, 0.3) is 0 Å². The highest BCUT2D eigenvalue weighted by Gasteiger charge is 2.22. The van der Waals surface area contributed by atoms with Gasteiger partial charge < -0.3 is 9.09 Å². The van der Waals surface area contributed by atoms with E-state index in [1.165, 1.54) is 0 Å². The summed E-state index contributed by atoms with van der Waals surface area (Å²) in [6.45, 7) is 9.20. The SMILES string of the molecule is CC(CS(=O)(=O)c1cn(Cc2cccc(-c3cnn(CC(C)C)c3)c2)c2ccccc12)=Nc1cc(C)on1. The normalized spacial score (nSPS) is 12.6. The van der Waals surface area contributed by atoms with Crippen LogP contribution < -0.4 is 0 Å². The Morgan fingerprint density at radius 3 is 2.63 bits per heavy atom. The molecule has 0 saturated carbocycles. The third-order valence-corrected chi connectivity index (χ3v) is 8.00. The first-order valence-electron chi connectivity index (χ1n) is 12.6. The lowest BCUT2D eigenvalue weighted by molar-refractivity contribution is 0.399. The van der Waals surface area contributed by atoms with Crippen LogP contribution in [0.4, 0.5) is 5.82 Å². The Bertz CT molecular complexity index is 1720. The van der Waals surface area contributed by atoms with E-state index in [-0.39, 0.29) is 5.75 Å². The van der Waals surface area contributed by atoms with Gasteiger partial charge in [0.2, 0.25) is 0 Å². The average Bonchev–Trinajstić information content (AvgIpc) is 3.58. The van der Waals surface area contributed by atoms with Crippen LogP contribution in [-0.4, -0.2) is 39.4 Å². The fraction of sp³-hybridized carbons (Fsp3) is 0.276. The molecule has 0 aliphatic rings. The maximum absolute atomic E-state index is 13.5. The Balaban J connectivity index is 1.43. The van der Waals surface area contributed by atoms with Gasteiger partial charge in [-0.2, -0.15) is 5.10 Å². The molecule has 0 aliphatic heterocycles. The van der Waals surface area contributed by atoms with Crippen LogP contribution in [0.15, 0.2) is 87.6 Å². The number of fused-ring (bicyclic) bond motifs is 1. The van der Waals surface area contributed by atoms with Crippen molar-refractivity contribution in [3.05, 3.63) is 84.5 Å². The maximum atomic E-state index is 13.5. The van der Waals surface area contributed by atoms with Crippen LogP contribution in [0.3, 0.4) is 0 Å². The average molecular weight is 530 g/mol. The summed E-state index contributed by atoms with van der Waals surface area (Å²) in [5.74, 6) is 1.30. The van der Waals surface area contributed by atoms with Crippen molar-refractivity contribution in [2.45, 2.75) is 45.7 Å².